The highest BCUT2D eigenvalue weighted by atomic mass is 35.5. The molecule has 0 amide bonds. The molecule has 0 bridgehead atoms. The summed E-state index contributed by atoms with van der Waals surface area (Å²) in [5.41, 5.74) is 3.14. The van der Waals surface area contributed by atoms with Crippen LogP contribution in [-0.2, 0) is 0 Å². The lowest BCUT2D eigenvalue weighted by molar-refractivity contribution is 1.09. The Kier molecular flexibility index (Phi) is 5.20. The van der Waals surface area contributed by atoms with E-state index in [0.717, 1.165) is 21.7 Å². The molecule has 4 rings (SSSR count). The molecule has 5 nitrogen and oxygen atoms in total. The number of halogens is 1. The minimum atomic E-state index is 0.327. The van der Waals surface area contributed by atoms with Crippen LogP contribution in [0.4, 0.5) is 17.3 Å². The zero-order valence-corrected chi connectivity index (χ0v) is 16.1. The van der Waals surface area contributed by atoms with Crippen molar-refractivity contribution in [1.29, 1.82) is 5.26 Å². The van der Waals surface area contributed by atoms with Gasteiger partial charge in [0, 0.05) is 32.9 Å². The van der Waals surface area contributed by atoms with Crippen LogP contribution >= 0.6 is 22.9 Å². The van der Waals surface area contributed by atoms with Crippen molar-refractivity contribution in [2.45, 2.75) is 0 Å². The predicted molar refractivity (Wildman–Crippen MR) is 115 cm³/mol. The minimum Gasteiger partial charge on any atom is -0.339 e. The molecule has 0 saturated heterocycles. The molecule has 0 unspecified atom stereocenters. The van der Waals surface area contributed by atoms with Gasteiger partial charge >= 0.3 is 0 Å². The summed E-state index contributed by atoms with van der Waals surface area (Å²) in [6.45, 7) is 0. The zero-order chi connectivity index (χ0) is 19.3. The van der Waals surface area contributed by atoms with Crippen LogP contribution in [0.2, 0.25) is 5.02 Å². The number of rotatable bonds is 5. The average molecular weight is 404 g/mol. The summed E-state index contributed by atoms with van der Waals surface area (Å²) < 4.78 is 0. The Bertz CT molecular complexity index is 1170. The maximum absolute atomic E-state index is 9.57. The third-order valence-electron chi connectivity index (χ3n) is 4.03. The smallest absolute Gasteiger partial charge is 0.193 e. The van der Waals surface area contributed by atoms with E-state index in [9.17, 15) is 5.26 Å². The first-order chi connectivity index (χ1) is 13.7. The van der Waals surface area contributed by atoms with Gasteiger partial charge < -0.3 is 5.32 Å². The summed E-state index contributed by atoms with van der Waals surface area (Å²) in [5.74, 6) is 0.802. The quantitative estimate of drug-likeness (QED) is 0.392. The summed E-state index contributed by atoms with van der Waals surface area (Å²) in [6.07, 6.45) is 1.73. The van der Waals surface area contributed by atoms with Crippen molar-refractivity contribution in [3.8, 4) is 16.5 Å². The van der Waals surface area contributed by atoms with Gasteiger partial charge in [-0.15, -0.1) is 11.3 Å². The van der Waals surface area contributed by atoms with Gasteiger partial charge in [-0.2, -0.15) is 10.4 Å². The van der Waals surface area contributed by atoms with Crippen molar-refractivity contribution >= 4 is 46.5 Å². The van der Waals surface area contributed by atoms with Gasteiger partial charge in [0.2, 0.25) is 0 Å². The highest BCUT2D eigenvalue weighted by Crippen LogP contribution is 2.29. The van der Waals surface area contributed by atoms with E-state index in [1.807, 2.05) is 41.8 Å². The molecule has 0 aliphatic rings. The van der Waals surface area contributed by atoms with Crippen molar-refractivity contribution in [3.63, 3.8) is 0 Å². The largest absolute Gasteiger partial charge is 0.339 e. The fourth-order valence-electron chi connectivity index (χ4n) is 2.73. The maximum Gasteiger partial charge on any atom is 0.193 e. The van der Waals surface area contributed by atoms with E-state index in [4.69, 9.17) is 11.6 Å². The molecule has 2 aromatic heterocycles. The molecule has 2 N–H and O–H groups in total. The second-order valence-electron chi connectivity index (χ2n) is 5.87. The van der Waals surface area contributed by atoms with Crippen molar-refractivity contribution in [3.05, 3.63) is 82.2 Å². The third kappa shape index (κ3) is 3.81. The lowest BCUT2D eigenvalue weighted by atomic mass is 10.1. The number of benzene rings is 2. The Hall–Kier alpha value is -3.40. The molecule has 2 aromatic carbocycles. The SMILES string of the molecule is N#Cc1c(N=Cc2ccccc2-c2cccs2)n[nH]c1Nc1cccc(Cl)c1. The first-order valence-electron chi connectivity index (χ1n) is 8.42. The van der Waals surface area contributed by atoms with Crippen LogP contribution < -0.4 is 5.32 Å². The molecule has 28 heavy (non-hydrogen) atoms. The number of nitrogens with one attached hydrogen (secondary N) is 2. The first kappa shape index (κ1) is 18.0. The number of H-pyrrole nitrogens is 1. The number of nitriles is 1. The molecule has 0 aliphatic carbocycles. The lowest BCUT2D eigenvalue weighted by Gasteiger charge is -2.04. The fourth-order valence-corrected chi connectivity index (χ4v) is 3.69. The Morgan fingerprint density at radius 1 is 1.14 bits per heavy atom. The molecule has 0 fully saturated rings. The van der Waals surface area contributed by atoms with Gasteiger partial charge in [0.1, 0.15) is 17.5 Å². The van der Waals surface area contributed by atoms with Crippen molar-refractivity contribution in [2.75, 3.05) is 5.32 Å². The minimum absolute atomic E-state index is 0.327. The molecule has 4 aromatic rings. The molecule has 0 radical (unpaired) electrons. The van der Waals surface area contributed by atoms with Crippen LogP contribution in [0.15, 0.2) is 71.0 Å². The summed E-state index contributed by atoms with van der Waals surface area (Å²) >= 11 is 7.68. The van der Waals surface area contributed by atoms with E-state index in [0.29, 0.717) is 22.2 Å². The van der Waals surface area contributed by atoms with Crippen LogP contribution in [0.25, 0.3) is 10.4 Å². The van der Waals surface area contributed by atoms with E-state index >= 15 is 0 Å². The standard InChI is InChI=1S/C21H14ClN5S/c22-15-6-3-7-16(11-15)25-21-18(12-23)20(26-27-21)24-13-14-5-1-2-8-17(14)19-9-4-10-28-19/h1-11,13H,(H2,25,26,27). The predicted octanol–water partition coefficient (Wildman–Crippen LogP) is 6.16. The second-order valence-corrected chi connectivity index (χ2v) is 7.25. The van der Waals surface area contributed by atoms with Crippen LogP contribution in [-0.4, -0.2) is 16.4 Å². The second kappa shape index (κ2) is 8.09. The number of anilines is 2. The normalized spacial score (nSPS) is 10.9. The van der Waals surface area contributed by atoms with Gasteiger partial charge in [-0.1, -0.05) is 48.0 Å². The third-order valence-corrected chi connectivity index (χ3v) is 5.16. The van der Waals surface area contributed by atoms with Crippen molar-refractivity contribution < 1.29 is 0 Å². The molecule has 0 saturated carbocycles. The van der Waals surface area contributed by atoms with E-state index in [-0.39, 0.29) is 0 Å². The summed E-state index contributed by atoms with van der Waals surface area (Å²) in [4.78, 5) is 5.61. The highest BCUT2D eigenvalue weighted by molar-refractivity contribution is 7.13. The number of hydrogen-bond donors (Lipinski definition) is 2. The van der Waals surface area contributed by atoms with Crippen LogP contribution in [0, 0.1) is 11.3 Å². The monoisotopic (exact) mass is 403 g/mol. The zero-order valence-electron chi connectivity index (χ0n) is 14.6. The van der Waals surface area contributed by atoms with Gasteiger partial charge in [-0.05, 0) is 29.6 Å². The Morgan fingerprint density at radius 2 is 2.04 bits per heavy atom. The fraction of sp³-hybridized carbons (Fsp3) is 0. The number of aromatic amines is 1. The molecular weight excluding hydrogens is 390 g/mol. The Labute approximate surface area is 171 Å². The maximum atomic E-state index is 9.57. The van der Waals surface area contributed by atoms with Gasteiger partial charge in [-0.3, -0.25) is 5.10 Å². The molecular formula is C21H14ClN5S. The molecule has 0 spiro atoms. The summed E-state index contributed by atoms with van der Waals surface area (Å²) in [5, 5.41) is 22.3. The summed E-state index contributed by atoms with van der Waals surface area (Å²) in [7, 11) is 0. The molecule has 2 heterocycles. The number of nitrogens with zero attached hydrogens (tertiary/aromatic N) is 3. The highest BCUT2D eigenvalue weighted by Gasteiger charge is 2.13. The van der Waals surface area contributed by atoms with Crippen LogP contribution in [0.3, 0.4) is 0 Å². The number of thiophene rings is 1. The Morgan fingerprint density at radius 3 is 2.82 bits per heavy atom. The molecule has 0 atom stereocenters. The Balaban J connectivity index is 1.63. The van der Waals surface area contributed by atoms with Gasteiger partial charge in [0.15, 0.2) is 5.82 Å². The molecule has 0 aliphatic heterocycles. The number of hydrogen-bond acceptors (Lipinski definition) is 5. The molecule has 7 heteroatoms. The summed E-state index contributed by atoms with van der Waals surface area (Å²) in [6, 6.07) is 21.5. The van der Waals surface area contributed by atoms with Crippen LogP contribution in [0.1, 0.15) is 11.1 Å². The average Bonchev–Trinajstić information content (AvgIpc) is 3.36. The number of aromatic nitrogens is 2. The van der Waals surface area contributed by atoms with Gasteiger partial charge in [0.25, 0.3) is 0 Å². The van der Waals surface area contributed by atoms with E-state index < -0.39 is 0 Å². The van der Waals surface area contributed by atoms with E-state index in [2.05, 4.69) is 38.7 Å². The van der Waals surface area contributed by atoms with Crippen molar-refractivity contribution in [2.24, 2.45) is 4.99 Å². The van der Waals surface area contributed by atoms with E-state index in [1.54, 1.807) is 29.7 Å². The topological polar surface area (TPSA) is 76.9 Å². The first-order valence-corrected chi connectivity index (χ1v) is 9.68. The molecule has 136 valence electrons. The lowest BCUT2D eigenvalue weighted by Crippen LogP contribution is -1.92. The van der Waals surface area contributed by atoms with Gasteiger partial charge in [-0.25, -0.2) is 4.99 Å². The number of aliphatic imine (C=N–C) groups is 1. The van der Waals surface area contributed by atoms with Crippen molar-refractivity contribution in [1.82, 2.24) is 10.2 Å². The van der Waals surface area contributed by atoms with E-state index in [1.165, 1.54) is 0 Å². The van der Waals surface area contributed by atoms with Gasteiger partial charge in [0.05, 0.1) is 0 Å². The van der Waals surface area contributed by atoms with Crippen LogP contribution in [0.5, 0.6) is 0 Å².